The molecule has 3 nitrogen and oxygen atoms in total. The molecule has 2 rings (SSSR count). The maximum atomic E-state index is 11.9. The Kier molecular flexibility index (Phi) is 5.04. The fourth-order valence-corrected chi connectivity index (χ4v) is 3.09. The summed E-state index contributed by atoms with van der Waals surface area (Å²) in [6.07, 6.45) is 8.28. The molecule has 0 aliphatic heterocycles. The first-order valence-corrected chi connectivity index (χ1v) is 7.69. The molecule has 2 unspecified atom stereocenters. The predicted octanol–water partition coefficient (Wildman–Crippen LogP) is 2.46. The highest BCUT2D eigenvalue weighted by atomic mass is 16.1. The van der Waals surface area contributed by atoms with Gasteiger partial charge in [0, 0.05) is 25.0 Å². The summed E-state index contributed by atoms with van der Waals surface area (Å²) in [5.41, 5.74) is 0. The molecule has 1 amide bonds. The number of rotatable bonds is 6. The summed E-state index contributed by atoms with van der Waals surface area (Å²) in [6.45, 7) is 5.41. The van der Waals surface area contributed by atoms with Crippen LogP contribution < -0.4 is 10.6 Å². The van der Waals surface area contributed by atoms with Gasteiger partial charge in [-0.1, -0.05) is 26.7 Å². The highest BCUT2D eigenvalue weighted by Crippen LogP contribution is 2.30. The molecule has 0 aromatic heterocycles. The van der Waals surface area contributed by atoms with Crippen molar-refractivity contribution in [2.75, 3.05) is 6.54 Å². The van der Waals surface area contributed by atoms with Crippen molar-refractivity contribution in [1.82, 2.24) is 10.6 Å². The molecule has 2 atom stereocenters. The Morgan fingerprint density at radius 3 is 2.56 bits per heavy atom. The van der Waals surface area contributed by atoms with Gasteiger partial charge in [-0.05, 0) is 37.5 Å². The highest BCUT2D eigenvalue weighted by Gasteiger charge is 2.28. The Bertz CT molecular complexity index is 274. The average molecular weight is 252 g/mol. The van der Waals surface area contributed by atoms with Crippen LogP contribution in [0.4, 0.5) is 0 Å². The van der Waals surface area contributed by atoms with Crippen LogP contribution in [0.15, 0.2) is 0 Å². The molecule has 18 heavy (non-hydrogen) atoms. The Balaban J connectivity index is 1.69. The van der Waals surface area contributed by atoms with E-state index in [0.29, 0.717) is 30.3 Å². The van der Waals surface area contributed by atoms with Crippen LogP contribution in [0.2, 0.25) is 0 Å². The van der Waals surface area contributed by atoms with Crippen LogP contribution in [0.25, 0.3) is 0 Å². The first-order valence-electron chi connectivity index (χ1n) is 7.69. The number of carbonyl (C=O) groups excluding carboxylic acids is 1. The Morgan fingerprint density at radius 1 is 1.17 bits per heavy atom. The predicted molar refractivity (Wildman–Crippen MR) is 74.4 cm³/mol. The van der Waals surface area contributed by atoms with Gasteiger partial charge in [0.2, 0.25) is 5.91 Å². The van der Waals surface area contributed by atoms with Gasteiger partial charge in [0.25, 0.3) is 0 Å². The van der Waals surface area contributed by atoms with E-state index in [4.69, 9.17) is 0 Å². The van der Waals surface area contributed by atoms with Crippen LogP contribution in [-0.2, 0) is 4.79 Å². The second-order valence-corrected chi connectivity index (χ2v) is 6.34. The Morgan fingerprint density at radius 2 is 1.89 bits per heavy atom. The molecule has 2 N–H and O–H groups in total. The van der Waals surface area contributed by atoms with Crippen molar-refractivity contribution < 1.29 is 4.79 Å². The summed E-state index contributed by atoms with van der Waals surface area (Å²) in [5.74, 6) is 1.60. The van der Waals surface area contributed by atoms with E-state index in [0.717, 1.165) is 6.54 Å². The smallest absolute Gasteiger partial charge is 0.221 e. The fourth-order valence-electron chi connectivity index (χ4n) is 3.09. The standard InChI is InChI=1S/C15H28N2O/c1-11(2)13-5-3-4-6-14(13)17-15(18)9-10-16-12-7-8-12/h11-14,16H,3-10H2,1-2H3,(H,17,18). The summed E-state index contributed by atoms with van der Waals surface area (Å²) >= 11 is 0. The molecule has 0 radical (unpaired) electrons. The molecule has 104 valence electrons. The molecule has 0 spiro atoms. The average Bonchev–Trinajstić information content (AvgIpc) is 3.13. The van der Waals surface area contributed by atoms with E-state index in [1.165, 1.54) is 38.5 Å². The molecule has 0 aromatic rings. The number of nitrogens with one attached hydrogen (secondary N) is 2. The molecule has 0 aromatic carbocycles. The minimum atomic E-state index is 0.237. The van der Waals surface area contributed by atoms with Crippen LogP contribution >= 0.6 is 0 Å². The molecular weight excluding hydrogens is 224 g/mol. The number of carbonyl (C=O) groups is 1. The van der Waals surface area contributed by atoms with E-state index in [2.05, 4.69) is 24.5 Å². The van der Waals surface area contributed by atoms with Gasteiger partial charge in [0.05, 0.1) is 0 Å². The van der Waals surface area contributed by atoms with Crippen LogP contribution in [-0.4, -0.2) is 24.5 Å². The first kappa shape index (κ1) is 13.9. The van der Waals surface area contributed by atoms with Gasteiger partial charge in [-0.25, -0.2) is 0 Å². The van der Waals surface area contributed by atoms with Crippen molar-refractivity contribution in [3.63, 3.8) is 0 Å². The van der Waals surface area contributed by atoms with Crippen molar-refractivity contribution in [3.05, 3.63) is 0 Å². The second-order valence-electron chi connectivity index (χ2n) is 6.34. The fraction of sp³-hybridized carbons (Fsp3) is 0.933. The van der Waals surface area contributed by atoms with E-state index in [9.17, 15) is 4.79 Å². The van der Waals surface area contributed by atoms with Crippen LogP contribution in [0.3, 0.4) is 0 Å². The van der Waals surface area contributed by atoms with Crippen molar-refractivity contribution in [2.45, 2.75) is 70.9 Å². The quantitative estimate of drug-likeness (QED) is 0.762. The van der Waals surface area contributed by atoms with Gasteiger partial charge in [-0.15, -0.1) is 0 Å². The van der Waals surface area contributed by atoms with E-state index < -0.39 is 0 Å². The van der Waals surface area contributed by atoms with Gasteiger partial charge in [-0.2, -0.15) is 0 Å². The maximum Gasteiger partial charge on any atom is 0.221 e. The zero-order chi connectivity index (χ0) is 13.0. The van der Waals surface area contributed by atoms with Gasteiger partial charge in [-0.3, -0.25) is 4.79 Å². The first-order chi connectivity index (χ1) is 8.66. The molecular formula is C15H28N2O. The van der Waals surface area contributed by atoms with Crippen molar-refractivity contribution in [3.8, 4) is 0 Å². The van der Waals surface area contributed by atoms with Gasteiger partial charge >= 0.3 is 0 Å². The molecule has 0 saturated heterocycles. The zero-order valence-corrected chi connectivity index (χ0v) is 11.9. The summed E-state index contributed by atoms with van der Waals surface area (Å²) in [7, 11) is 0. The Hall–Kier alpha value is -0.570. The van der Waals surface area contributed by atoms with Gasteiger partial charge in [0.1, 0.15) is 0 Å². The lowest BCUT2D eigenvalue weighted by atomic mass is 9.78. The molecule has 0 heterocycles. The third kappa shape index (κ3) is 4.27. The minimum Gasteiger partial charge on any atom is -0.353 e. The lowest BCUT2D eigenvalue weighted by Gasteiger charge is -2.35. The molecule has 2 saturated carbocycles. The molecule has 0 bridgehead atoms. The third-order valence-electron chi connectivity index (χ3n) is 4.38. The Labute approximate surface area is 111 Å². The monoisotopic (exact) mass is 252 g/mol. The summed E-state index contributed by atoms with van der Waals surface area (Å²) < 4.78 is 0. The topological polar surface area (TPSA) is 41.1 Å². The lowest BCUT2D eigenvalue weighted by molar-refractivity contribution is -0.122. The maximum absolute atomic E-state index is 11.9. The van der Waals surface area contributed by atoms with E-state index in [-0.39, 0.29) is 5.91 Å². The van der Waals surface area contributed by atoms with Gasteiger partial charge in [0.15, 0.2) is 0 Å². The number of hydrogen-bond donors (Lipinski definition) is 2. The van der Waals surface area contributed by atoms with Crippen molar-refractivity contribution in [2.24, 2.45) is 11.8 Å². The minimum absolute atomic E-state index is 0.237. The SMILES string of the molecule is CC(C)C1CCCCC1NC(=O)CCNC1CC1. The summed E-state index contributed by atoms with van der Waals surface area (Å²) in [5, 5.41) is 6.66. The zero-order valence-electron chi connectivity index (χ0n) is 11.9. The summed E-state index contributed by atoms with van der Waals surface area (Å²) in [6, 6.07) is 1.13. The van der Waals surface area contributed by atoms with Crippen LogP contribution in [0.1, 0.15) is 58.8 Å². The number of hydrogen-bond acceptors (Lipinski definition) is 2. The van der Waals surface area contributed by atoms with Crippen LogP contribution in [0, 0.1) is 11.8 Å². The van der Waals surface area contributed by atoms with Crippen LogP contribution in [0.5, 0.6) is 0 Å². The van der Waals surface area contributed by atoms with E-state index in [1.807, 2.05) is 0 Å². The molecule has 3 heteroatoms. The lowest BCUT2D eigenvalue weighted by Crippen LogP contribution is -2.44. The van der Waals surface area contributed by atoms with E-state index in [1.54, 1.807) is 0 Å². The van der Waals surface area contributed by atoms with Gasteiger partial charge < -0.3 is 10.6 Å². The second kappa shape index (κ2) is 6.55. The molecule has 2 fully saturated rings. The normalized spacial score (nSPS) is 28.4. The largest absolute Gasteiger partial charge is 0.353 e. The number of amides is 1. The third-order valence-corrected chi connectivity index (χ3v) is 4.38. The summed E-state index contributed by atoms with van der Waals surface area (Å²) in [4.78, 5) is 11.9. The van der Waals surface area contributed by atoms with Crippen molar-refractivity contribution >= 4 is 5.91 Å². The van der Waals surface area contributed by atoms with Crippen molar-refractivity contribution in [1.29, 1.82) is 0 Å². The molecule has 2 aliphatic rings. The molecule has 2 aliphatic carbocycles. The highest BCUT2D eigenvalue weighted by molar-refractivity contribution is 5.76. The van der Waals surface area contributed by atoms with E-state index >= 15 is 0 Å².